The number of para-hydroxylation sites is 1. The number of carbonyl (C=O) groups is 1. The molecule has 0 aromatic heterocycles. The molecule has 0 bridgehead atoms. The van der Waals surface area contributed by atoms with Crippen molar-refractivity contribution >= 4 is 37.8 Å². The standard InChI is InChI=1S/C14H10Br2O3/c15-11-3-1-2-4-13(11)19-8-10-6-5-9(14(17)18)7-12(10)16/h1-7H,8H2,(H,17,18). The summed E-state index contributed by atoms with van der Waals surface area (Å²) in [6, 6.07) is 12.4. The maximum atomic E-state index is 10.8. The molecule has 0 amide bonds. The van der Waals surface area contributed by atoms with Gasteiger partial charge in [-0.2, -0.15) is 0 Å². The summed E-state index contributed by atoms with van der Waals surface area (Å²) in [6.45, 7) is 0.364. The molecule has 2 aromatic carbocycles. The molecule has 0 saturated heterocycles. The summed E-state index contributed by atoms with van der Waals surface area (Å²) in [7, 11) is 0. The van der Waals surface area contributed by atoms with Crippen LogP contribution in [0.3, 0.4) is 0 Å². The Hall–Kier alpha value is -1.33. The van der Waals surface area contributed by atoms with E-state index in [1.807, 2.05) is 24.3 Å². The van der Waals surface area contributed by atoms with E-state index in [-0.39, 0.29) is 5.56 Å². The highest BCUT2D eigenvalue weighted by Gasteiger charge is 2.08. The summed E-state index contributed by atoms with van der Waals surface area (Å²) in [4.78, 5) is 10.8. The number of ether oxygens (including phenoxy) is 1. The van der Waals surface area contributed by atoms with Gasteiger partial charge in [0.2, 0.25) is 0 Å². The Kier molecular flexibility index (Phi) is 4.61. The summed E-state index contributed by atoms with van der Waals surface area (Å²) >= 11 is 6.76. The Morgan fingerprint density at radius 1 is 1.11 bits per heavy atom. The lowest BCUT2D eigenvalue weighted by Gasteiger charge is -2.09. The first-order valence-corrected chi connectivity index (χ1v) is 7.05. The number of aromatic carboxylic acids is 1. The minimum absolute atomic E-state index is 0.247. The van der Waals surface area contributed by atoms with Crippen LogP contribution >= 0.6 is 31.9 Å². The zero-order valence-corrected chi connectivity index (χ0v) is 12.9. The third-order valence-corrected chi connectivity index (χ3v) is 3.91. The van der Waals surface area contributed by atoms with Gasteiger partial charge in [0, 0.05) is 10.0 Å². The normalized spacial score (nSPS) is 10.2. The van der Waals surface area contributed by atoms with E-state index >= 15 is 0 Å². The Balaban J connectivity index is 2.12. The van der Waals surface area contributed by atoms with Gasteiger partial charge in [0.1, 0.15) is 12.4 Å². The topological polar surface area (TPSA) is 46.5 Å². The molecule has 5 heteroatoms. The van der Waals surface area contributed by atoms with Crippen LogP contribution in [-0.4, -0.2) is 11.1 Å². The van der Waals surface area contributed by atoms with Crippen LogP contribution in [-0.2, 0) is 6.61 Å². The second kappa shape index (κ2) is 6.21. The molecule has 0 unspecified atom stereocenters. The number of halogens is 2. The molecule has 0 aliphatic carbocycles. The van der Waals surface area contributed by atoms with Crippen LogP contribution in [0.2, 0.25) is 0 Å². The van der Waals surface area contributed by atoms with E-state index in [9.17, 15) is 4.79 Å². The number of carboxylic acids is 1. The number of hydrogen-bond acceptors (Lipinski definition) is 2. The van der Waals surface area contributed by atoms with Gasteiger partial charge in [-0.3, -0.25) is 0 Å². The highest BCUT2D eigenvalue weighted by Crippen LogP contribution is 2.26. The number of rotatable bonds is 4. The van der Waals surface area contributed by atoms with E-state index in [1.54, 1.807) is 18.2 Å². The summed E-state index contributed by atoms with van der Waals surface area (Å²) in [5, 5.41) is 8.89. The van der Waals surface area contributed by atoms with E-state index in [0.29, 0.717) is 6.61 Å². The van der Waals surface area contributed by atoms with Gasteiger partial charge in [0.15, 0.2) is 0 Å². The van der Waals surface area contributed by atoms with E-state index in [1.165, 1.54) is 0 Å². The molecule has 1 N–H and O–H groups in total. The first-order valence-electron chi connectivity index (χ1n) is 5.47. The predicted molar refractivity (Wildman–Crippen MR) is 79.6 cm³/mol. The fourth-order valence-electron chi connectivity index (χ4n) is 1.51. The second-order valence-corrected chi connectivity index (χ2v) is 5.54. The molecule has 0 fully saturated rings. The minimum atomic E-state index is -0.945. The molecule has 0 aliphatic rings. The minimum Gasteiger partial charge on any atom is -0.488 e. The van der Waals surface area contributed by atoms with E-state index in [4.69, 9.17) is 9.84 Å². The van der Waals surface area contributed by atoms with Crippen LogP contribution in [0, 0.1) is 0 Å². The van der Waals surface area contributed by atoms with Crippen molar-refractivity contribution < 1.29 is 14.6 Å². The second-order valence-electron chi connectivity index (χ2n) is 3.83. The molecule has 0 atom stereocenters. The van der Waals surface area contributed by atoms with Gasteiger partial charge in [-0.25, -0.2) is 4.79 Å². The van der Waals surface area contributed by atoms with Gasteiger partial charge in [-0.1, -0.05) is 34.1 Å². The van der Waals surface area contributed by atoms with Gasteiger partial charge in [0.05, 0.1) is 10.0 Å². The summed E-state index contributed by atoms with van der Waals surface area (Å²) in [6.07, 6.45) is 0. The van der Waals surface area contributed by atoms with Crippen LogP contribution in [0.15, 0.2) is 51.4 Å². The SMILES string of the molecule is O=C(O)c1ccc(COc2ccccc2Br)c(Br)c1. The van der Waals surface area contributed by atoms with E-state index < -0.39 is 5.97 Å². The fourth-order valence-corrected chi connectivity index (χ4v) is 2.41. The fraction of sp³-hybridized carbons (Fsp3) is 0.0714. The molecule has 19 heavy (non-hydrogen) atoms. The Morgan fingerprint density at radius 3 is 2.47 bits per heavy atom. The molecule has 3 nitrogen and oxygen atoms in total. The molecule has 2 rings (SSSR count). The predicted octanol–water partition coefficient (Wildman–Crippen LogP) is 4.49. The van der Waals surface area contributed by atoms with E-state index in [0.717, 1.165) is 20.3 Å². The van der Waals surface area contributed by atoms with E-state index in [2.05, 4.69) is 31.9 Å². The van der Waals surface area contributed by atoms with Crippen molar-refractivity contribution in [3.8, 4) is 5.75 Å². The van der Waals surface area contributed by atoms with Crippen molar-refractivity contribution in [1.82, 2.24) is 0 Å². The maximum Gasteiger partial charge on any atom is 0.335 e. The Labute approximate surface area is 127 Å². The molecule has 2 aromatic rings. The highest BCUT2D eigenvalue weighted by molar-refractivity contribution is 9.10. The molecule has 98 valence electrons. The van der Waals surface area contributed by atoms with Crippen molar-refractivity contribution in [3.05, 3.63) is 62.5 Å². The first kappa shape index (κ1) is 14.1. The van der Waals surface area contributed by atoms with Crippen molar-refractivity contribution in [3.63, 3.8) is 0 Å². The van der Waals surface area contributed by atoms with Crippen LogP contribution in [0.4, 0.5) is 0 Å². The molecule has 0 saturated carbocycles. The lowest BCUT2D eigenvalue weighted by molar-refractivity contribution is 0.0696. The van der Waals surface area contributed by atoms with Gasteiger partial charge >= 0.3 is 5.97 Å². The summed E-state index contributed by atoms with van der Waals surface area (Å²) in [5.41, 5.74) is 1.14. The Bertz CT molecular complexity index is 611. The average Bonchev–Trinajstić information content (AvgIpc) is 2.39. The van der Waals surface area contributed by atoms with Gasteiger partial charge < -0.3 is 9.84 Å². The maximum absolute atomic E-state index is 10.8. The average molecular weight is 386 g/mol. The van der Waals surface area contributed by atoms with Crippen molar-refractivity contribution in [2.45, 2.75) is 6.61 Å². The zero-order chi connectivity index (χ0) is 13.8. The van der Waals surface area contributed by atoms with Crippen LogP contribution in [0.1, 0.15) is 15.9 Å². The molecule has 0 heterocycles. The smallest absolute Gasteiger partial charge is 0.335 e. The van der Waals surface area contributed by atoms with Gasteiger partial charge in [-0.15, -0.1) is 0 Å². The first-order chi connectivity index (χ1) is 9.08. The molecule has 0 aliphatic heterocycles. The van der Waals surface area contributed by atoms with Crippen LogP contribution in [0.5, 0.6) is 5.75 Å². The zero-order valence-electron chi connectivity index (χ0n) is 9.77. The third kappa shape index (κ3) is 3.58. The molecular weight excluding hydrogens is 376 g/mol. The number of carboxylic acid groups (broad SMARTS) is 1. The van der Waals surface area contributed by atoms with Crippen molar-refractivity contribution in [1.29, 1.82) is 0 Å². The lowest BCUT2D eigenvalue weighted by Crippen LogP contribution is -2.00. The van der Waals surface area contributed by atoms with Gasteiger partial charge in [-0.05, 0) is 40.2 Å². The molecule has 0 spiro atoms. The quantitative estimate of drug-likeness (QED) is 0.843. The van der Waals surface area contributed by atoms with Gasteiger partial charge in [0.25, 0.3) is 0 Å². The Morgan fingerprint density at radius 2 is 1.84 bits per heavy atom. The monoisotopic (exact) mass is 384 g/mol. The largest absolute Gasteiger partial charge is 0.488 e. The van der Waals surface area contributed by atoms with Crippen LogP contribution < -0.4 is 4.74 Å². The third-order valence-electron chi connectivity index (χ3n) is 2.52. The van der Waals surface area contributed by atoms with Crippen LogP contribution in [0.25, 0.3) is 0 Å². The molecular formula is C14H10Br2O3. The van der Waals surface area contributed by atoms with Crippen molar-refractivity contribution in [2.24, 2.45) is 0 Å². The molecule has 0 radical (unpaired) electrons. The summed E-state index contributed by atoms with van der Waals surface area (Å²) in [5.74, 6) is -0.198. The number of benzene rings is 2. The summed E-state index contributed by atoms with van der Waals surface area (Å²) < 4.78 is 7.28. The number of hydrogen-bond donors (Lipinski definition) is 1. The highest BCUT2D eigenvalue weighted by atomic mass is 79.9. The lowest BCUT2D eigenvalue weighted by atomic mass is 10.1. The van der Waals surface area contributed by atoms with Crippen molar-refractivity contribution in [2.75, 3.05) is 0 Å².